The average molecular weight is 211 g/mol. The van der Waals surface area contributed by atoms with Crippen LogP contribution in [0.4, 0.5) is 4.79 Å². The third-order valence-electron chi connectivity index (χ3n) is 2.16. The van der Waals surface area contributed by atoms with Gasteiger partial charge >= 0.3 is 6.09 Å². The fourth-order valence-electron chi connectivity index (χ4n) is 1.50. The predicted octanol–water partition coefficient (Wildman–Crippen LogP) is 0.990. The minimum atomic E-state index is -0.637. The molecule has 0 saturated carbocycles. The summed E-state index contributed by atoms with van der Waals surface area (Å²) >= 11 is 0. The van der Waals surface area contributed by atoms with E-state index in [1.54, 1.807) is 20.8 Å². The maximum absolute atomic E-state index is 11.7. The van der Waals surface area contributed by atoms with Crippen LogP contribution >= 0.6 is 0 Å². The first kappa shape index (κ1) is 11.9. The van der Waals surface area contributed by atoms with Crippen molar-refractivity contribution in [3.8, 4) is 12.3 Å². The third-order valence-corrected chi connectivity index (χ3v) is 2.16. The summed E-state index contributed by atoms with van der Waals surface area (Å²) in [6, 6.07) is -0.556. The van der Waals surface area contributed by atoms with E-state index in [1.807, 2.05) is 0 Å². The average Bonchev–Trinajstić information content (AvgIpc) is 2.43. The van der Waals surface area contributed by atoms with Crippen molar-refractivity contribution in [2.24, 2.45) is 0 Å². The summed E-state index contributed by atoms with van der Waals surface area (Å²) in [5.41, 5.74) is -0.538. The highest BCUT2D eigenvalue weighted by atomic mass is 16.6. The molecular formula is C11H17NO3. The number of rotatable bonds is 0. The Balaban J connectivity index is 2.65. The quantitative estimate of drug-likeness (QED) is 0.608. The molecule has 2 atom stereocenters. The van der Waals surface area contributed by atoms with Gasteiger partial charge in [-0.3, -0.25) is 4.90 Å². The summed E-state index contributed by atoms with van der Waals surface area (Å²) in [4.78, 5) is 13.1. The molecular weight excluding hydrogens is 194 g/mol. The standard InChI is InChI=1S/C11H17NO3/c1-5-8-9(13)6-7-12(8)10(14)15-11(2,3)4/h1,8-9,13H,6-7H2,2-4H3. The van der Waals surface area contributed by atoms with Crippen LogP contribution < -0.4 is 0 Å². The van der Waals surface area contributed by atoms with Gasteiger partial charge in [-0.15, -0.1) is 6.42 Å². The van der Waals surface area contributed by atoms with E-state index in [0.29, 0.717) is 13.0 Å². The van der Waals surface area contributed by atoms with Gasteiger partial charge in [0.15, 0.2) is 0 Å². The fourth-order valence-corrected chi connectivity index (χ4v) is 1.50. The van der Waals surface area contributed by atoms with Gasteiger partial charge in [-0.1, -0.05) is 5.92 Å². The van der Waals surface area contributed by atoms with E-state index in [0.717, 1.165) is 0 Å². The van der Waals surface area contributed by atoms with Crippen LogP contribution in [0.1, 0.15) is 27.2 Å². The summed E-state index contributed by atoms with van der Waals surface area (Å²) in [5, 5.41) is 9.51. The van der Waals surface area contributed by atoms with Crippen LogP contribution in [-0.4, -0.2) is 40.4 Å². The van der Waals surface area contributed by atoms with Gasteiger partial charge in [0.25, 0.3) is 0 Å². The molecule has 0 aliphatic carbocycles. The first-order valence-electron chi connectivity index (χ1n) is 4.99. The molecule has 1 saturated heterocycles. The molecule has 84 valence electrons. The van der Waals surface area contributed by atoms with Gasteiger partial charge in [-0.05, 0) is 27.2 Å². The Labute approximate surface area is 90.2 Å². The van der Waals surface area contributed by atoms with Crippen molar-refractivity contribution < 1.29 is 14.6 Å². The second-order valence-electron chi connectivity index (χ2n) is 4.64. The number of aliphatic hydroxyl groups excluding tert-OH is 1. The molecule has 1 heterocycles. The molecule has 4 heteroatoms. The molecule has 2 unspecified atom stereocenters. The van der Waals surface area contributed by atoms with Crippen LogP contribution in [0.15, 0.2) is 0 Å². The lowest BCUT2D eigenvalue weighted by atomic mass is 10.2. The number of aliphatic hydroxyl groups is 1. The van der Waals surface area contributed by atoms with Crippen LogP contribution in [0, 0.1) is 12.3 Å². The number of amides is 1. The summed E-state index contributed by atoms with van der Waals surface area (Å²) in [7, 11) is 0. The summed E-state index contributed by atoms with van der Waals surface area (Å²) < 4.78 is 5.18. The topological polar surface area (TPSA) is 49.8 Å². The second-order valence-corrected chi connectivity index (χ2v) is 4.64. The molecule has 1 rings (SSSR count). The molecule has 1 amide bonds. The highest BCUT2D eigenvalue weighted by molar-refractivity contribution is 5.69. The number of carbonyl (C=O) groups is 1. The monoisotopic (exact) mass is 211 g/mol. The first-order valence-corrected chi connectivity index (χ1v) is 4.99. The predicted molar refractivity (Wildman–Crippen MR) is 56.2 cm³/mol. The smallest absolute Gasteiger partial charge is 0.411 e. The Morgan fingerprint density at radius 3 is 2.67 bits per heavy atom. The van der Waals surface area contributed by atoms with Gasteiger partial charge in [0, 0.05) is 6.54 Å². The number of nitrogens with zero attached hydrogens (tertiary/aromatic N) is 1. The van der Waals surface area contributed by atoms with E-state index < -0.39 is 23.8 Å². The molecule has 0 bridgehead atoms. The molecule has 1 fully saturated rings. The van der Waals surface area contributed by atoms with Gasteiger partial charge in [-0.25, -0.2) is 4.79 Å². The Bertz CT molecular complexity index is 287. The van der Waals surface area contributed by atoms with Crippen molar-refractivity contribution in [3.05, 3.63) is 0 Å². The van der Waals surface area contributed by atoms with Crippen LogP contribution in [0.25, 0.3) is 0 Å². The Morgan fingerprint density at radius 2 is 2.20 bits per heavy atom. The van der Waals surface area contributed by atoms with Crippen LogP contribution in [0.5, 0.6) is 0 Å². The maximum Gasteiger partial charge on any atom is 0.411 e. The SMILES string of the molecule is C#CC1C(O)CCN1C(=O)OC(C)(C)C. The van der Waals surface area contributed by atoms with Gasteiger partial charge < -0.3 is 9.84 Å². The Kier molecular flexibility index (Phi) is 3.25. The van der Waals surface area contributed by atoms with Crippen molar-refractivity contribution in [2.75, 3.05) is 6.54 Å². The zero-order valence-electron chi connectivity index (χ0n) is 9.36. The number of terminal acetylenes is 1. The van der Waals surface area contributed by atoms with Gasteiger partial charge in [-0.2, -0.15) is 0 Å². The lowest BCUT2D eigenvalue weighted by Gasteiger charge is -2.26. The number of hydrogen-bond donors (Lipinski definition) is 1. The van der Waals surface area contributed by atoms with Crippen molar-refractivity contribution in [2.45, 2.75) is 44.9 Å². The van der Waals surface area contributed by atoms with E-state index in [1.165, 1.54) is 4.90 Å². The lowest BCUT2D eigenvalue weighted by Crippen LogP contribution is -2.41. The maximum atomic E-state index is 11.7. The number of hydrogen-bond acceptors (Lipinski definition) is 3. The van der Waals surface area contributed by atoms with E-state index in [4.69, 9.17) is 11.2 Å². The Hall–Kier alpha value is -1.21. The fraction of sp³-hybridized carbons (Fsp3) is 0.727. The summed E-state index contributed by atoms with van der Waals surface area (Å²) in [6.45, 7) is 5.83. The molecule has 0 aromatic rings. The minimum absolute atomic E-state index is 0.449. The zero-order valence-corrected chi connectivity index (χ0v) is 9.36. The molecule has 1 N–H and O–H groups in total. The van der Waals surface area contributed by atoms with E-state index in [9.17, 15) is 9.90 Å². The highest BCUT2D eigenvalue weighted by Crippen LogP contribution is 2.20. The van der Waals surface area contributed by atoms with E-state index >= 15 is 0 Å². The lowest BCUT2D eigenvalue weighted by molar-refractivity contribution is 0.0216. The highest BCUT2D eigenvalue weighted by Gasteiger charge is 2.36. The number of carbonyl (C=O) groups excluding carboxylic acids is 1. The van der Waals surface area contributed by atoms with Gasteiger partial charge in [0.1, 0.15) is 11.6 Å². The molecule has 1 aliphatic rings. The van der Waals surface area contributed by atoms with Gasteiger partial charge in [0.05, 0.1) is 6.10 Å². The summed E-state index contributed by atoms with van der Waals surface area (Å²) in [5.74, 6) is 2.41. The molecule has 15 heavy (non-hydrogen) atoms. The molecule has 0 spiro atoms. The van der Waals surface area contributed by atoms with Gasteiger partial charge in [0.2, 0.25) is 0 Å². The molecule has 1 aliphatic heterocycles. The third kappa shape index (κ3) is 2.87. The number of likely N-dealkylation sites (tertiary alicyclic amines) is 1. The van der Waals surface area contributed by atoms with Crippen molar-refractivity contribution in [1.82, 2.24) is 4.90 Å². The van der Waals surface area contributed by atoms with Crippen molar-refractivity contribution >= 4 is 6.09 Å². The molecule has 0 aromatic carbocycles. The number of ether oxygens (including phenoxy) is 1. The molecule has 0 aromatic heterocycles. The largest absolute Gasteiger partial charge is 0.444 e. The Morgan fingerprint density at radius 1 is 1.60 bits per heavy atom. The van der Waals surface area contributed by atoms with Crippen molar-refractivity contribution in [3.63, 3.8) is 0 Å². The van der Waals surface area contributed by atoms with Crippen LogP contribution in [-0.2, 0) is 4.74 Å². The minimum Gasteiger partial charge on any atom is -0.444 e. The molecule has 0 radical (unpaired) electrons. The second kappa shape index (κ2) is 4.11. The van der Waals surface area contributed by atoms with E-state index in [-0.39, 0.29) is 0 Å². The normalized spacial score (nSPS) is 26.2. The van der Waals surface area contributed by atoms with Crippen molar-refractivity contribution in [1.29, 1.82) is 0 Å². The van der Waals surface area contributed by atoms with E-state index in [2.05, 4.69) is 5.92 Å². The zero-order chi connectivity index (χ0) is 11.6. The summed E-state index contributed by atoms with van der Waals surface area (Å²) in [6.07, 6.45) is 4.67. The molecule has 4 nitrogen and oxygen atoms in total. The first-order chi connectivity index (χ1) is 6.85. The van der Waals surface area contributed by atoms with Crippen LogP contribution in [0.2, 0.25) is 0 Å². The van der Waals surface area contributed by atoms with Crippen LogP contribution in [0.3, 0.4) is 0 Å².